The Kier molecular flexibility index (Phi) is 5.89. The van der Waals surface area contributed by atoms with Crippen molar-refractivity contribution in [3.63, 3.8) is 0 Å². The van der Waals surface area contributed by atoms with Crippen LogP contribution >= 0.6 is 11.3 Å². The van der Waals surface area contributed by atoms with Gasteiger partial charge in [0.15, 0.2) is 10.8 Å². The van der Waals surface area contributed by atoms with Crippen molar-refractivity contribution in [2.45, 2.75) is 19.8 Å². The van der Waals surface area contributed by atoms with Crippen molar-refractivity contribution in [1.82, 2.24) is 20.2 Å². The fourth-order valence-corrected chi connectivity index (χ4v) is 3.55. The lowest BCUT2D eigenvalue weighted by Gasteiger charge is -2.10. The molecule has 0 unspecified atom stereocenters. The highest BCUT2D eigenvalue weighted by Gasteiger charge is 2.30. The lowest BCUT2D eigenvalue weighted by molar-refractivity contribution is -0.117. The summed E-state index contributed by atoms with van der Waals surface area (Å²) in [6.07, 6.45) is 10.2. The maximum atomic E-state index is 12.9. The number of amides is 2. The Morgan fingerprint density at radius 3 is 2.94 bits per heavy atom. The Morgan fingerprint density at radius 2 is 2.19 bits per heavy atom. The zero-order valence-corrected chi connectivity index (χ0v) is 17.5. The number of ether oxygens (including phenoxy) is 1. The van der Waals surface area contributed by atoms with Gasteiger partial charge in [-0.05, 0) is 44.1 Å². The third-order valence-corrected chi connectivity index (χ3v) is 5.42. The van der Waals surface area contributed by atoms with E-state index in [4.69, 9.17) is 4.74 Å². The minimum absolute atomic E-state index is 0.0339. The van der Waals surface area contributed by atoms with Gasteiger partial charge in [0.1, 0.15) is 21.8 Å². The normalized spacial score (nSPS) is 14.0. The molecule has 3 aromatic rings. The number of thiazole rings is 1. The van der Waals surface area contributed by atoms with E-state index in [9.17, 15) is 9.59 Å². The number of H-pyrrole nitrogens is 1. The molecule has 10 heteroatoms. The van der Waals surface area contributed by atoms with Gasteiger partial charge in [-0.25, -0.2) is 4.98 Å². The van der Waals surface area contributed by atoms with Gasteiger partial charge >= 0.3 is 0 Å². The summed E-state index contributed by atoms with van der Waals surface area (Å²) in [7, 11) is 0. The van der Waals surface area contributed by atoms with Crippen molar-refractivity contribution in [2.75, 3.05) is 10.6 Å². The maximum absolute atomic E-state index is 12.9. The molecule has 0 aliphatic heterocycles. The molecule has 0 saturated heterocycles. The van der Waals surface area contributed by atoms with Crippen LogP contribution in [0.5, 0.6) is 5.88 Å². The molecule has 1 aliphatic rings. The summed E-state index contributed by atoms with van der Waals surface area (Å²) in [5.41, 5.74) is 0.670. The second-order valence-corrected chi connectivity index (χ2v) is 7.73. The highest BCUT2D eigenvalue weighted by atomic mass is 32.1. The van der Waals surface area contributed by atoms with E-state index in [2.05, 4.69) is 37.4 Å². The van der Waals surface area contributed by atoms with E-state index in [1.807, 2.05) is 6.92 Å². The number of fused-ring (bicyclic) bond motifs is 1. The fraction of sp³-hybridized carbons (Fsp3) is 0.190. The number of allylic oxidation sites excluding steroid dienone is 4. The molecule has 4 rings (SSSR count). The number of aromatic amines is 1. The molecule has 0 radical (unpaired) electrons. The molecule has 2 amide bonds. The zero-order valence-electron chi connectivity index (χ0n) is 16.7. The van der Waals surface area contributed by atoms with Crippen LogP contribution in [-0.4, -0.2) is 32.0 Å². The highest BCUT2D eigenvalue weighted by molar-refractivity contribution is 7.22. The summed E-state index contributed by atoms with van der Waals surface area (Å²) in [5.74, 6) is 0.692. The summed E-state index contributed by atoms with van der Waals surface area (Å²) in [6, 6.07) is 3.27. The lowest BCUT2D eigenvalue weighted by Crippen LogP contribution is -2.14. The SMILES string of the molecule is C=C/C=C\C(=C/C)Oc1ncccc1C(=O)Nc1[nH]nc2nc(NC(=O)C3CC3)sc12. The van der Waals surface area contributed by atoms with Gasteiger partial charge in [-0.2, -0.15) is 10.1 Å². The van der Waals surface area contributed by atoms with E-state index < -0.39 is 5.91 Å². The summed E-state index contributed by atoms with van der Waals surface area (Å²) in [4.78, 5) is 33.4. The van der Waals surface area contributed by atoms with Gasteiger partial charge in [-0.1, -0.05) is 30.1 Å². The average molecular weight is 436 g/mol. The number of carbonyl (C=O) groups is 2. The molecule has 3 heterocycles. The molecular weight excluding hydrogens is 416 g/mol. The van der Waals surface area contributed by atoms with Crippen LogP contribution in [0.4, 0.5) is 10.9 Å². The standard InChI is InChI=1S/C21H20N6O3S/c1-3-5-7-13(4-2)30-20-14(8-6-11-22-20)19(29)23-16-15-17(27-26-16)24-21(31-15)25-18(28)12-9-10-12/h3-8,11-12H,1,9-10H2,2H3,(H3,23,24,25,26,27,28,29)/b7-5-,13-4+. The minimum Gasteiger partial charge on any atom is -0.439 e. The first-order valence-corrected chi connectivity index (χ1v) is 10.5. The molecule has 0 atom stereocenters. The molecule has 1 saturated carbocycles. The van der Waals surface area contributed by atoms with Crippen molar-refractivity contribution < 1.29 is 14.3 Å². The van der Waals surface area contributed by atoms with Crippen LogP contribution in [0, 0.1) is 5.92 Å². The summed E-state index contributed by atoms with van der Waals surface area (Å²) < 4.78 is 6.41. The van der Waals surface area contributed by atoms with E-state index in [-0.39, 0.29) is 23.3 Å². The molecule has 0 bridgehead atoms. The number of aromatic nitrogens is 4. The molecule has 31 heavy (non-hydrogen) atoms. The predicted octanol–water partition coefficient (Wildman–Crippen LogP) is 4.04. The number of nitrogens with one attached hydrogen (secondary N) is 3. The molecular formula is C21H20N6O3S. The molecule has 0 spiro atoms. The van der Waals surface area contributed by atoms with E-state index in [1.165, 1.54) is 11.3 Å². The lowest BCUT2D eigenvalue weighted by atomic mass is 10.2. The van der Waals surface area contributed by atoms with Crippen molar-refractivity contribution in [1.29, 1.82) is 0 Å². The monoisotopic (exact) mass is 436 g/mol. The quantitative estimate of drug-likeness (QED) is 0.362. The third kappa shape index (κ3) is 4.69. The molecule has 3 aromatic heterocycles. The van der Waals surface area contributed by atoms with Crippen LogP contribution in [0.3, 0.4) is 0 Å². The number of hydrogen-bond donors (Lipinski definition) is 3. The van der Waals surface area contributed by atoms with Gasteiger partial charge in [-0.15, -0.1) is 0 Å². The Labute approximate surface area is 181 Å². The van der Waals surface area contributed by atoms with Crippen molar-refractivity contribution in [2.24, 2.45) is 5.92 Å². The van der Waals surface area contributed by atoms with E-state index >= 15 is 0 Å². The second kappa shape index (κ2) is 8.92. The molecule has 1 aliphatic carbocycles. The number of pyridine rings is 1. The van der Waals surface area contributed by atoms with Crippen LogP contribution in [0.25, 0.3) is 10.3 Å². The van der Waals surface area contributed by atoms with Crippen LogP contribution in [0.15, 0.2) is 55.0 Å². The first kappa shape index (κ1) is 20.5. The fourth-order valence-electron chi connectivity index (χ4n) is 2.69. The minimum atomic E-state index is -0.422. The first-order chi connectivity index (χ1) is 15.1. The van der Waals surface area contributed by atoms with Gasteiger partial charge in [0.05, 0.1) is 0 Å². The van der Waals surface area contributed by atoms with Crippen LogP contribution in [-0.2, 0) is 4.79 Å². The summed E-state index contributed by atoms with van der Waals surface area (Å²) >= 11 is 1.24. The van der Waals surface area contributed by atoms with Crippen LogP contribution in [0.1, 0.15) is 30.1 Å². The Bertz CT molecular complexity index is 1200. The number of carbonyl (C=O) groups excluding carboxylic acids is 2. The Morgan fingerprint density at radius 1 is 1.35 bits per heavy atom. The van der Waals surface area contributed by atoms with Crippen LogP contribution in [0.2, 0.25) is 0 Å². The highest BCUT2D eigenvalue weighted by Crippen LogP contribution is 2.34. The molecule has 1 fully saturated rings. The Hall–Kier alpha value is -3.79. The summed E-state index contributed by atoms with van der Waals surface area (Å²) in [6.45, 7) is 5.45. The third-order valence-electron chi connectivity index (χ3n) is 4.44. The first-order valence-electron chi connectivity index (χ1n) is 9.64. The van der Waals surface area contributed by atoms with Gasteiger partial charge in [0.25, 0.3) is 5.91 Å². The molecule has 158 valence electrons. The van der Waals surface area contributed by atoms with Gasteiger partial charge < -0.3 is 15.4 Å². The average Bonchev–Trinajstić information content (AvgIpc) is 3.47. The molecule has 3 N–H and O–H groups in total. The molecule has 9 nitrogen and oxygen atoms in total. The van der Waals surface area contributed by atoms with Gasteiger partial charge in [-0.3, -0.25) is 14.7 Å². The maximum Gasteiger partial charge on any atom is 0.262 e. The van der Waals surface area contributed by atoms with Crippen molar-refractivity contribution in [3.8, 4) is 5.88 Å². The number of nitrogens with zero attached hydrogens (tertiary/aromatic N) is 3. The van der Waals surface area contributed by atoms with Crippen LogP contribution < -0.4 is 15.4 Å². The van der Waals surface area contributed by atoms with Crippen molar-refractivity contribution >= 4 is 44.4 Å². The zero-order chi connectivity index (χ0) is 21.8. The summed E-state index contributed by atoms with van der Waals surface area (Å²) in [5, 5.41) is 12.9. The number of anilines is 2. The van der Waals surface area contributed by atoms with E-state index in [1.54, 1.807) is 42.6 Å². The Balaban J connectivity index is 1.52. The van der Waals surface area contributed by atoms with Crippen molar-refractivity contribution in [3.05, 3.63) is 60.5 Å². The van der Waals surface area contributed by atoms with E-state index in [0.717, 1.165) is 12.8 Å². The predicted molar refractivity (Wildman–Crippen MR) is 119 cm³/mol. The van der Waals surface area contributed by atoms with Gasteiger partial charge in [0, 0.05) is 12.1 Å². The largest absolute Gasteiger partial charge is 0.439 e. The topological polar surface area (TPSA) is 122 Å². The van der Waals surface area contributed by atoms with Gasteiger partial charge in [0.2, 0.25) is 11.8 Å². The molecule has 0 aromatic carbocycles. The second-order valence-electron chi connectivity index (χ2n) is 6.73. The van der Waals surface area contributed by atoms with E-state index in [0.29, 0.717) is 27.1 Å². The number of rotatable bonds is 8. The smallest absolute Gasteiger partial charge is 0.262 e. The number of hydrogen-bond acceptors (Lipinski definition) is 7.